The molecule has 5 aliphatic rings. The Morgan fingerprint density at radius 1 is 1.29 bits per heavy atom. The van der Waals surface area contributed by atoms with Crippen molar-refractivity contribution in [2.24, 2.45) is 40.5 Å². The summed E-state index contributed by atoms with van der Waals surface area (Å²) in [4.78, 5) is 31.8. The van der Waals surface area contributed by atoms with Gasteiger partial charge in [0.05, 0.1) is 18.4 Å². The summed E-state index contributed by atoms with van der Waals surface area (Å²) >= 11 is 1.65. The van der Waals surface area contributed by atoms with Gasteiger partial charge in [-0.05, 0) is 49.9 Å². The topological polar surface area (TPSA) is 53.0 Å². The zero-order valence-corrected chi connectivity index (χ0v) is 18.0. The van der Waals surface area contributed by atoms with Crippen LogP contribution in [0.15, 0.2) is 29.3 Å². The lowest BCUT2D eigenvalue weighted by Crippen LogP contribution is -2.49. The first kappa shape index (κ1) is 19.7. The summed E-state index contributed by atoms with van der Waals surface area (Å²) in [5.41, 5.74) is 1.30. The molecule has 0 aromatic rings. The number of carbonyl (C=O) groups excluding carboxylic acids is 2. The Bertz CT molecular complexity index is 744. The predicted molar refractivity (Wildman–Crippen MR) is 113 cm³/mol. The Hall–Kier alpha value is -1.56. The lowest BCUT2D eigenvalue weighted by molar-refractivity contribution is -0.152. The summed E-state index contributed by atoms with van der Waals surface area (Å²) in [6.07, 6.45) is 7.12. The van der Waals surface area contributed by atoms with Crippen molar-refractivity contribution in [3.8, 4) is 0 Å². The Morgan fingerprint density at radius 2 is 2.04 bits per heavy atom. The third-order valence-corrected chi connectivity index (χ3v) is 8.04. The molecule has 0 radical (unpaired) electrons. The zero-order valence-electron chi connectivity index (χ0n) is 17.1. The van der Waals surface area contributed by atoms with Crippen LogP contribution in [-0.4, -0.2) is 45.8 Å². The molecular formula is C22H31N3O2S. The molecule has 5 rings (SSSR count). The van der Waals surface area contributed by atoms with Crippen LogP contribution in [0.5, 0.6) is 0 Å². The van der Waals surface area contributed by atoms with Gasteiger partial charge in [0.1, 0.15) is 0 Å². The van der Waals surface area contributed by atoms with Crippen LogP contribution in [0.4, 0.5) is 0 Å². The van der Waals surface area contributed by atoms with Gasteiger partial charge in [0, 0.05) is 12.3 Å². The summed E-state index contributed by atoms with van der Waals surface area (Å²) in [5, 5.41) is 4.14. The fraction of sp³-hybridized carbons (Fsp3) is 0.682. The van der Waals surface area contributed by atoms with Crippen LogP contribution in [0.1, 0.15) is 40.0 Å². The van der Waals surface area contributed by atoms with Gasteiger partial charge in [-0.1, -0.05) is 43.3 Å². The summed E-state index contributed by atoms with van der Waals surface area (Å²) in [6, 6.07) is 0. The van der Waals surface area contributed by atoms with Gasteiger partial charge in [0.15, 0.2) is 5.17 Å². The van der Waals surface area contributed by atoms with E-state index in [0.29, 0.717) is 24.9 Å². The van der Waals surface area contributed by atoms with E-state index in [9.17, 15) is 9.59 Å². The summed E-state index contributed by atoms with van der Waals surface area (Å²) in [7, 11) is 0. The Labute approximate surface area is 172 Å². The number of thioether (sulfide) groups is 1. The van der Waals surface area contributed by atoms with Crippen LogP contribution in [-0.2, 0) is 9.59 Å². The van der Waals surface area contributed by atoms with Gasteiger partial charge >= 0.3 is 0 Å². The van der Waals surface area contributed by atoms with Crippen molar-refractivity contribution in [1.29, 1.82) is 0 Å². The molecule has 2 bridgehead atoms. The molecule has 0 N–H and O–H groups in total. The number of hydrogen-bond donors (Lipinski definition) is 0. The van der Waals surface area contributed by atoms with Crippen LogP contribution in [0.3, 0.4) is 0 Å². The number of hydrazine groups is 1. The summed E-state index contributed by atoms with van der Waals surface area (Å²) in [5.74, 6) is 1.97. The molecule has 2 unspecified atom stereocenters. The standard InChI is InChI=1S/C22H31N3O2S/c1-5-8-23-22-24(9-6-7-10-28-22)25-20(26)18-16-12-15(13(2)3)17(11-14(16)4)19(18)21(25)27/h5,11,13,15-19H,1,6-10,12H2,2-4H3/t15-,16+,17+,18?,19?/m1/s1. The van der Waals surface area contributed by atoms with Crippen LogP contribution in [0.25, 0.3) is 0 Å². The normalized spacial score (nSPS) is 36.8. The van der Waals surface area contributed by atoms with Crippen molar-refractivity contribution in [2.45, 2.75) is 40.0 Å². The molecule has 28 heavy (non-hydrogen) atoms. The highest BCUT2D eigenvalue weighted by molar-refractivity contribution is 8.13. The fourth-order valence-electron chi connectivity index (χ4n) is 5.62. The maximum absolute atomic E-state index is 13.6. The Morgan fingerprint density at radius 3 is 2.75 bits per heavy atom. The van der Waals surface area contributed by atoms with Gasteiger partial charge in [-0.2, -0.15) is 5.01 Å². The van der Waals surface area contributed by atoms with Crippen molar-refractivity contribution in [3.05, 3.63) is 24.3 Å². The Kier molecular flexibility index (Phi) is 5.43. The molecule has 0 spiro atoms. The van der Waals surface area contributed by atoms with E-state index in [4.69, 9.17) is 0 Å². The van der Waals surface area contributed by atoms with Crippen molar-refractivity contribution in [3.63, 3.8) is 0 Å². The number of carbonyl (C=O) groups is 2. The van der Waals surface area contributed by atoms with Crippen molar-refractivity contribution >= 4 is 28.7 Å². The number of amidine groups is 1. The van der Waals surface area contributed by atoms with Crippen molar-refractivity contribution in [1.82, 2.24) is 10.0 Å². The van der Waals surface area contributed by atoms with E-state index < -0.39 is 0 Å². The maximum atomic E-state index is 13.6. The molecule has 3 fully saturated rings. The summed E-state index contributed by atoms with van der Waals surface area (Å²) in [6.45, 7) is 11.6. The van der Waals surface area contributed by atoms with Gasteiger partial charge in [0.25, 0.3) is 11.8 Å². The largest absolute Gasteiger partial charge is 0.272 e. The molecule has 2 heterocycles. The molecule has 1 saturated carbocycles. The predicted octanol–water partition coefficient (Wildman–Crippen LogP) is 3.74. The molecule has 3 aliphatic carbocycles. The van der Waals surface area contributed by atoms with E-state index in [1.165, 1.54) is 10.6 Å². The molecule has 6 heteroatoms. The SMILES string of the molecule is C=CCN=C1SCCCCN1N1C(=O)C2C(C1=O)[C@H]1C[C@H](C(C)C)[C@@H]2C=C1C. The lowest BCUT2D eigenvalue weighted by Gasteiger charge is -2.48. The molecular weight excluding hydrogens is 370 g/mol. The van der Waals surface area contributed by atoms with Gasteiger partial charge < -0.3 is 0 Å². The molecule has 2 amide bonds. The number of rotatable bonds is 4. The number of imide groups is 1. The summed E-state index contributed by atoms with van der Waals surface area (Å²) < 4.78 is 0. The van der Waals surface area contributed by atoms with E-state index >= 15 is 0 Å². The average Bonchev–Trinajstić information content (AvgIpc) is 2.82. The Balaban J connectivity index is 1.69. The van der Waals surface area contributed by atoms with Crippen molar-refractivity contribution in [2.75, 3.05) is 18.8 Å². The number of nitrogens with zero attached hydrogens (tertiary/aromatic N) is 3. The van der Waals surface area contributed by atoms with Gasteiger partial charge in [-0.15, -0.1) is 6.58 Å². The molecule has 0 aromatic heterocycles. The second-order valence-electron chi connectivity index (χ2n) is 8.87. The molecule has 5 nitrogen and oxygen atoms in total. The minimum absolute atomic E-state index is 0.00606. The number of hydrogen-bond acceptors (Lipinski definition) is 4. The number of aliphatic imine (C=N–C) groups is 1. The average molecular weight is 402 g/mol. The number of allylic oxidation sites excluding steroid dienone is 2. The molecule has 2 saturated heterocycles. The van der Waals surface area contributed by atoms with Gasteiger partial charge in [-0.3, -0.25) is 19.6 Å². The second-order valence-corrected chi connectivity index (χ2v) is 9.93. The molecule has 2 aliphatic heterocycles. The molecule has 0 aromatic carbocycles. The molecule has 152 valence electrons. The quantitative estimate of drug-likeness (QED) is 0.532. The lowest BCUT2D eigenvalue weighted by atomic mass is 9.54. The second kappa shape index (κ2) is 7.69. The number of fused-ring (bicyclic) bond motifs is 1. The van der Waals surface area contributed by atoms with Crippen LogP contribution in [0.2, 0.25) is 0 Å². The monoisotopic (exact) mass is 401 g/mol. The first-order valence-corrected chi connectivity index (χ1v) is 11.6. The smallest absolute Gasteiger partial charge is 0.252 e. The van der Waals surface area contributed by atoms with E-state index in [2.05, 4.69) is 38.4 Å². The fourth-order valence-corrected chi connectivity index (χ4v) is 6.64. The minimum atomic E-state index is -0.198. The van der Waals surface area contributed by atoms with Crippen LogP contribution in [0, 0.1) is 35.5 Å². The van der Waals surface area contributed by atoms with E-state index in [0.717, 1.165) is 30.2 Å². The van der Waals surface area contributed by atoms with E-state index in [1.54, 1.807) is 17.8 Å². The highest BCUT2D eigenvalue weighted by Crippen LogP contribution is 2.56. The zero-order chi connectivity index (χ0) is 20.0. The third kappa shape index (κ3) is 3.04. The van der Waals surface area contributed by atoms with E-state index in [1.807, 2.05) is 5.01 Å². The number of amides is 2. The first-order chi connectivity index (χ1) is 13.5. The van der Waals surface area contributed by atoms with Gasteiger partial charge in [-0.25, -0.2) is 0 Å². The van der Waals surface area contributed by atoms with Crippen molar-refractivity contribution < 1.29 is 9.59 Å². The van der Waals surface area contributed by atoms with E-state index in [-0.39, 0.29) is 35.5 Å². The molecule has 5 atom stereocenters. The minimum Gasteiger partial charge on any atom is -0.272 e. The highest BCUT2D eigenvalue weighted by atomic mass is 32.2. The van der Waals surface area contributed by atoms with Gasteiger partial charge in [0.2, 0.25) is 0 Å². The highest BCUT2D eigenvalue weighted by Gasteiger charge is 2.62. The van der Waals surface area contributed by atoms with Crippen LogP contribution >= 0.6 is 11.8 Å². The third-order valence-electron chi connectivity index (χ3n) is 6.95. The maximum Gasteiger partial charge on any atom is 0.252 e. The first-order valence-electron chi connectivity index (χ1n) is 10.6. The van der Waals surface area contributed by atoms with Crippen LogP contribution < -0.4 is 0 Å².